The standard InChI is InChI=1S/C20H28F3N3/c1-14(16-9-11-17(12-10-16)20(21,22)23)13-19(25-15(2)24)26-18-7-5-3-4-6-8-18/h9-14,18,26H,3-8H2,1-2H3,(H2,24,25)/b19-13+. The molecular formula is C20H28F3N3. The van der Waals surface area contributed by atoms with Crippen molar-refractivity contribution in [3.05, 3.63) is 47.3 Å². The number of nitrogens with zero attached hydrogens (tertiary/aromatic N) is 1. The maximum atomic E-state index is 12.7. The first-order valence-corrected chi connectivity index (χ1v) is 9.22. The Morgan fingerprint density at radius 3 is 2.23 bits per heavy atom. The van der Waals surface area contributed by atoms with Crippen LogP contribution in [0.3, 0.4) is 0 Å². The normalized spacial score (nSPS) is 19.1. The summed E-state index contributed by atoms with van der Waals surface area (Å²) in [7, 11) is 0. The lowest BCUT2D eigenvalue weighted by atomic mass is 9.99. The van der Waals surface area contributed by atoms with Crippen molar-refractivity contribution in [1.29, 1.82) is 0 Å². The molecule has 0 amide bonds. The minimum Gasteiger partial charge on any atom is -0.387 e. The van der Waals surface area contributed by atoms with Crippen LogP contribution in [0.25, 0.3) is 0 Å². The van der Waals surface area contributed by atoms with Crippen LogP contribution in [-0.2, 0) is 6.18 Å². The maximum absolute atomic E-state index is 12.7. The van der Waals surface area contributed by atoms with Crippen molar-refractivity contribution in [1.82, 2.24) is 5.32 Å². The van der Waals surface area contributed by atoms with Gasteiger partial charge in [0.25, 0.3) is 0 Å². The van der Waals surface area contributed by atoms with Crippen LogP contribution < -0.4 is 11.1 Å². The average Bonchev–Trinajstić information content (AvgIpc) is 2.82. The molecule has 1 aromatic rings. The van der Waals surface area contributed by atoms with Crippen LogP contribution in [0.5, 0.6) is 0 Å². The Morgan fingerprint density at radius 1 is 1.15 bits per heavy atom. The Hall–Kier alpha value is -1.98. The number of hydrogen-bond donors (Lipinski definition) is 2. The molecule has 6 heteroatoms. The van der Waals surface area contributed by atoms with Gasteiger partial charge in [-0.05, 0) is 43.5 Å². The molecule has 1 aromatic carbocycles. The molecular weight excluding hydrogens is 339 g/mol. The van der Waals surface area contributed by atoms with Crippen LogP contribution in [0, 0.1) is 0 Å². The zero-order chi connectivity index (χ0) is 19.2. The summed E-state index contributed by atoms with van der Waals surface area (Å²) in [6.45, 7) is 3.67. The van der Waals surface area contributed by atoms with Gasteiger partial charge in [-0.3, -0.25) is 0 Å². The number of halogens is 3. The van der Waals surface area contributed by atoms with Crippen LogP contribution >= 0.6 is 0 Å². The van der Waals surface area contributed by atoms with Gasteiger partial charge in [-0.2, -0.15) is 13.2 Å². The molecule has 0 saturated heterocycles. The molecule has 0 spiro atoms. The van der Waals surface area contributed by atoms with Crippen molar-refractivity contribution < 1.29 is 13.2 Å². The molecule has 144 valence electrons. The summed E-state index contributed by atoms with van der Waals surface area (Å²) in [5.41, 5.74) is 5.93. The zero-order valence-corrected chi connectivity index (χ0v) is 15.4. The highest BCUT2D eigenvalue weighted by Crippen LogP contribution is 2.30. The fourth-order valence-corrected chi connectivity index (χ4v) is 3.25. The molecule has 1 atom stereocenters. The van der Waals surface area contributed by atoms with E-state index in [4.69, 9.17) is 5.73 Å². The molecule has 3 nitrogen and oxygen atoms in total. The molecule has 1 aliphatic rings. The molecule has 1 aliphatic carbocycles. The van der Waals surface area contributed by atoms with Crippen molar-refractivity contribution in [2.75, 3.05) is 0 Å². The van der Waals surface area contributed by atoms with E-state index in [1.165, 1.54) is 37.8 Å². The minimum absolute atomic E-state index is 0.0753. The first-order valence-electron chi connectivity index (χ1n) is 9.22. The third kappa shape index (κ3) is 6.39. The maximum Gasteiger partial charge on any atom is 0.416 e. The summed E-state index contributed by atoms with van der Waals surface area (Å²) >= 11 is 0. The molecule has 0 bridgehead atoms. The lowest BCUT2D eigenvalue weighted by molar-refractivity contribution is -0.137. The summed E-state index contributed by atoms with van der Waals surface area (Å²) < 4.78 is 38.1. The topological polar surface area (TPSA) is 50.4 Å². The van der Waals surface area contributed by atoms with Gasteiger partial charge in [-0.15, -0.1) is 0 Å². The highest BCUT2D eigenvalue weighted by atomic mass is 19.4. The SMILES string of the molecule is C/C(N)=N\C(=C/C(C)c1ccc(C(F)(F)F)cc1)NC1CCCCCC1. The van der Waals surface area contributed by atoms with E-state index in [0.29, 0.717) is 17.7 Å². The lowest BCUT2D eigenvalue weighted by Gasteiger charge is -2.19. The van der Waals surface area contributed by atoms with E-state index < -0.39 is 11.7 Å². The smallest absolute Gasteiger partial charge is 0.387 e. The van der Waals surface area contributed by atoms with E-state index in [1.54, 1.807) is 6.92 Å². The summed E-state index contributed by atoms with van der Waals surface area (Å²) in [5.74, 6) is 1.08. The first-order chi connectivity index (χ1) is 12.3. The Bertz CT molecular complexity index is 621. The van der Waals surface area contributed by atoms with E-state index in [2.05, 4.69) is 10.3 Å². The highest BCUT2D eigenvalue weighted by molar-refractivity contribution is 5.78. The van der Waals surface area contributed by atoms with Crippen molar-refractivity contribution >= 4 is 5.84 Å². The summed E-state index contributed by atoms with van der Waals surface area (Å²) in [4.78, 5) is 4.39. The summed E-state index contributed by atoms with van der Waals surface area (Å²) in [6, 6.07) is 5.65. The Morgan fingerprint density at radius 2 is 1.73 bits per heavy atom. The van der Waals surface area contributed by atoms with Crippen LogP contribution in [-0.4, -0.2) is 11.9 Å². The number of nitrogens with two attached hydrogens (primary N) is 1. The van der Waals surface area contributed by atoms with Crippen molar-refractivity contribution in [3.8, 4) is 0 Å². The van der Waals surface area contributed by atoms with Crippen molar-refractivity contribution in [2.24, 2.45) is 10.7 Å². The first kappa shape index (κ1) is 20.3. The van der Waals surface area contributed by atoms with E-state index in [0.717, 1.165) is 30.5 Å². The number of allylic oxidation sites excluding steroid dienone is 1. The molecule has 0 aliphatic heterocycles. The molecule has 1 saturated carbocycles. The second kappa shape index (κ2) is 9.10. The third-order valence-corrected chi connectivity index (χ3v) is 4.68. The Balaban J connectivity index is 2.15. The number of hydrogen-bond acceptors (Lipinski definition) is 2. The molecule has 0 aromatic heterocycles. The van der Waals surface area contributed by atoms with Crippen molar-refractivity contribution in [2.45, 2.75) is 70.5 Å². The predicted octanol–water partition coefficient (Wildman–Crippen LogP) is 5.34. The van der Waals surface area contributed by atoms with Crippen LogP contribution in [0.1, 0.15) is 69.4 Å². The van der Waals surface area contributed by atoms with Gasteiger partial charge in [-0.25, -0.2) is 4.99 Å². The quantitative estimate of drug-likeness (QED) is 0.419. The van der Waals surface area contributed by atoms with Gasteiger partial charge in [0.15, 0.2) is 0 Å². The number of amidine groups is 1. The molecule has 1 fully saturated rings. The van der Waals surface area contributed by atoms with E-state index >= 15 is 0 Å². The predicted molar refractivity (Wildman–Crippen MR) is 99.9 cm³/mol. The van der Waals surface area contributed by atoms with Gasteiger partial charge < -0.3 is 11.1 Å². The van der Waals surface area contributed by atoms with Gasteiger partial charge in [0.05, 0.1) is 11.4 Å². The van der Waals surface area contributed by atoms with Crippen molar-refractivity contribution in [3.63, 3.8) is 0 Å². The van der Waals surface area contributed by atoms with Gasteiger partial charge >= 0.3 is 6.18 Å². The number of aliphatic imine (C=N–C) groups is 1. The largest absolute Gasteiger partial charge is 0.416 e. The van der Waals surface area contributed by atoms with Crippen LogP contribution in [0.4, 0.5) is 13.2 Å². The second-order valence-corrected chi connectivity index (χ2v) is 7.05. The fourth-order valence-electron chi connectivity index (χ4n) is 3.25. The van der Waals surface area contributed by atoms with E-state index in [9.17, 15) is 13.2 Å². The van der Waals surface area contributed by atoms with Crippen LogP contribution in [0.15, 0.2) is 41.2 Å². The highest BCUT2D eigenvalue weighted by Gasteiger charge is 2.30. The number of nitrogens with one attached hydrogen (secondary N) is 1. The Labute approximate surface area is 153 Å². The van der Waals surface area contributed by atoms with Gasteiger partial charge in [0.1, 0.15) is 5.82 Å². The monoisotopic (exact) mass is 367 g/mol. The molecule has 2 rings (SSSR count). The van der Waals surface area contributed by atoms with Gasteiger partial charge in [0, 0.05) is 12.0 Å². The fraction of sp³-hybridized carbons (Fsp3) is 0.550. The van der Waals surface area contributed by atoms with Crippen LogP contribution in [0.2, 0.25) is 0 Å². The van der Waals surface area contributed by atoms with Gasteiger partial charge in [0.2, 0.25) is 0 Å². The summed E-state index contributed by atoms with van der Waals surface area (Å²) in [6.07, 6.45) is 4.75. The van der Waals surface area contributed by atoms with Gasteiger partial charge in [-0.1, -0.05) is 44.7 Å². The lowest BCUT2D eigenvalue weighted by Crippen LogP contribution is -2.28. The minimum atomic E-state index is -4.31. The molecule has 0 heterocycles. The number of benzene rings is 1. The number of rotatable bonds is 5. The zero-order valence-electron chi connectivity index (χ0n) is 15.4. The Kier molecular flexibility index (Phi) is 7.12. The molecule has 26 heavy (non-hydrogen) atoms. The van der Waals surface area contributed by atoms with E-state index in [-0.39, 0.29) is 5.92 Å². The van der Waals surface area contributed by atoms with E-state index in [1.807, 2.05) is 13.0 Å². The number of alkyl halides is 3. The molecule has 1 unspecified atom stereocenters. The third-order valence-electron chi connectivity index (χ3n) is 4.68. The summed E-state index contributed by atoms with van der Waals surface area (Å²) in [5, 5.41) is 3.48. The molecule has 0 radical (unpaired) electrons. The average molecular weight is 367 g/mol. The molecule has 3 N–H and O–H groups in total. The second-order valence-electron chi connectivity index (χ2n) is 7.05.